The number of nitrogens with zero attached hydrogens (tertiary/aromatic N) is 2. The summed E-state index contributed by atoms with van der Waals surface area (Å²) in [6.45, 7) is 5.64. The van der Waals surface area contributed by atoms with Crippen molar-refractivity contribution < 1.29 is 9.84 Å². The van der Waals surface area contributed by atoms with Crippen molar-refractivity contribution in [2.45, 2.75) is 27.2 Å². The molecule has 2 N–H and O–H groups in total. The molecule has 6 heteroatoms. The van der Waals surface area contributed by atoms with Crippen LogP contribution < -0.4 is 10.3 Å². The first-order chi connectivity index (χ1) is 11.5. The molecule has 0 radical (unpaired) electrons. The Kier molecular flexibility index (Phi) is 4.15. The van der Waals surface area contributed by atoms with Gasteiger partial charge in [0.15, 0.2) is 0 Å². The van der Waals surface area contributed by atoms with Crippen LogP contribution in [0.3, 0.4) is 0 Å². The van der Waals surface area contributed by atoms with Gasteiger partial charge in [-0.15, -0.1) is 0 Å². The number of benzene rings is 1. The molecule has 0 saturated heterocycles. The minimum Gasteiger partial charge on any atom is -0.496 e. The maximum Gasteiger partial charge on any atom is 0.277 e. The zero-order valence-electron chi connectivity index (χ0n) is 14.3. The minimum absolute atomic E-state index is 0.0751. The highest BCUT2D eigenvalue weighted by molar-refractivity contribution is 5.83. The van der Waals surface area contributed by atoms with E-state index in [1.54, 1.807) is 7.11 Å². The van der Waals surface area contributed by atoms with Gasteiger partial charge in [0.1, 0.15) is 11.4 Å². The first-order valence-electron chi connectivity index (χ1n) is 7.85. The van der Waals surface area contributed by atoms with Crippen molar-refractivity contribution in [2.24, 2.45) is 0 Å². The first kappa shape index (κ1) is 16.3. The van der Waals surface area contributed by atoms with Crippen LogP contribution in [0.5, 0.6) is 5.75 Å². The maximum atomic E-state index is 12.7. The number of hydrogen-bond acceptors (Lipinski definition) is 4. The molecule has 2 aromatic heterocycles. The lowest BCUT2D eigenvalue weighted by molar-refractivity contribution is 0.298. The van der Waals surface area contributed by atoms with Gasteiger partial charge >= 0.3 is 0 Å². The van der Waals surface area contributed by atoms with Crippen molar-refractivity contribution in [1.82, 2.24) is 14.6 Å². The number of fused-ring (bicyclic) bond motifs is 1. The van der Waals surface area contributed by atoms with E-state index in [0.29, 0.717) is 17.6 Å². The lowest BCUT2D eigenvalue weighted by Gasteiger charge is -2.10. The van der Waals surface area contributed by atoms with E-state index in [2.05, 4.69) is 10.1 Å². The molecule has 0 fully saturated rings. The molecule has 1 aromatic carbocycles. The second-order valence-corrected chi connectivity index (χ2v) is 5.93. The quantitative estimate of drug-likeness (QED) is 0.769. The number of aliphatic hydroxyl groups excluding tert-OH is 1. The molecule has 0 aliphatic heterocycles. The van der Waals surface area contributed by atoms with Crippen LogP contribution in [-0.4, -0.2) is 33.4 Å². The topological polar surface area (TPSA) is 79.6 Å². The zero-order valence-corrected chi connectivity index (χ0v) is 14.3. The molecule has 0 aliphatic rings. The fourth-order valence-electron chi connectivity index (χ4n) is 3.06. The average molecular weight is 327 g/mol. The molecule has 0 saturated carbocycles. The predicted octanol–water partition coefficient (Wildman–Crippen LogP) is 2.16. The number of aromatic nitrogens is 3. The van der Waals surface area contributed by atoms with E-state index < -0.39 is 0 Å². The van der Waals surface area contributed by atoms with Gasteiger partial charge in [-0.3, -0.25) is 4.79 Å². The van der Waals surface area contributed by atoms with Crippen LogP contribution in [0.1, 0.15) is 22.5 Å². The molecule has 0 amide bonds. The smallest absolute Gasteiger partial charge is 0.277 e. The predicted molar refractivity (Wildman–Crippen MR) is 92.8 cm³/mol. The lowest BCUT2D eigenvalue weighted by Crippen LogP contribution is -2.22. The summed E-state index contributed by atoms with van der Waals surface area (Å²) in [7, 11) is 1.63. The highest BCUT2D eigenvalue weighted by atomic mass is 16.5. The van der Waals surface area contributed by atoms with Crippen molar-refractivity contribution in [1.29, 1.82) is 0 Å². The molecule has 0 spiro atoms. The Labute approximate surface area is 139 Å². The largest absolute Gasteiger partial charge is 0.496 e. The van der Waals surface area contributed by atoms with Gasteiger partial charge in [-0.05, 0) is 32.4 Å². The number of aliphatic hydroxyl groups is 1. The number of rotatable bonds is 4. The second kappa shape index (κ2) is 6.13. The van der Waals surface area contributed by atoms with Crippen LogP contribution in [0, 0.1) is 20.8 Å². The Balaban J connectivity index is 2.35. The minimum atomic E-state index is -0.198. The van der Waals surface area contributed by atoms with Gasteiger partial charge in [0.05, 0.1) is 18.4 Å². The Morgan fingerprint density at radius 2 is 2.04 bits per heavy atom. The molecule has 0 atom stereocenters. The van der Waals surface area contributed by atoms with Crippen LogP contribution in [0.4, 0.5) is 0 Å². The van der Waals surface area contributed by atoms with Gasteiger partial charge in [-0.25, -0.2) is 0 Å². The Bertz CT molecular complexity index is 970. The number of aromatic amines is 1. The van der Waals surface area contributed by atoms with Gasteiger partial charge in [0.2, 0.25) is 0 Å². The molecule has 3 rings (SSSR count). The molecule has 3 aromatic rings. The molecule has 126 valence electrons. The Morgan fingerprint density at radius 3 is 2.71 bits per heavy atom. The van der Waals surface area contributed by atoms with Crippen molar-refractivity contribution in [3.05, 3.63) is 51.1 Å². The van der Waals surface area contributed by atoms with E-state index in [1.807, 2.05) is 39.0 Å². The molecule has 6 nitrogen and oxygen atoms in total. The number of H-pyrrole nitrogens is 1. The summed E-state index contributed by atoms with van der Waals surface area (Å²) in [6, 6.07) is 5.95. The summed E-state index contributed by atoms with van der Waals surface area (Å²) in [5.74, 6) is 0.742. The SMILES string of the molecule is COc1cc(C)ccc1-c1c(C)nn2c(=O)c(CCO)c(C)[nH]c12. The van der Waals surface area contributed by atoms with Crippen LogP contribution in [0.2, 0.25) is 0 Å². The molecular formula is C18H21N3O3. The van der Waals surface area contributed by atoms with Crippen molar-refractivity contribution in [3.8, 4) is 16.9 Å². The van der Waals surface area contributed by atoms with Crippen molar-refractivity contribution >= 4 is 5.65 Å². The molecular weight excluding hydrogens is 306 g/mol. The normalized spacial score (nSPS) is 11.2. The van der Waals surface area contributed by atoms with E-state index in [0.717, 1.165) is 33.8 Å². The van der Waals surface area contributed by atoms with Crippen LogP contribution in [0.15, 0.2) is 23.0 Å². The van der Waals surface area contributed by atoms with Gasteiger partial charge in [0.25, 0.3) is 5.56 Å². The van der Waals surface area contributed by atoms with E-state index in [-0.39, 0.29) is 12.2 Å². The van der Waals surface area contributed by atoms with Gasteiger partial charge in [-0.2, -0.15) is 9.61 Å². The molecule has 24 heavy (non-hydrogen) atoms. The third-order valence-electron chi connectivity index (χ3n) is 4.26. The number of nitrogens with one attached hydrogen (secondary N) is 1. The number of hydrogen-bond donors (Lipinski definition) is 2. The summed E-state index contributed by atoms with van der Waals surface area (Å²) in [5.41, 5.74) is 5.31. The van der Waals surface area contributed by atoms with Gasteiger partial charge in [-0.1, -0.05) is 12.1 Å². The van der Waals surface area contributed by atoms with E-state index in [9.17, 15) is 9.90 Å². The molecule has 2 heterocycles. The average Bonchev–Trinajstić information content (AvgIpc) is 2.88. The standard InChI is InChI=1S/C18H21N3O3/c1-10-5-6-14(15(9-10)24-4)16-12(3)20-21-17(16)19-11(2)13(7-8-22)18(21)23/h5-6,9,19,22H,7-8H2,1-4H3. The third-order valence-corrected chi connectivity index (χ3v) is 4.26. The fraction of sp³-hybridized carbons (Fsp3) is 0.333. The summed E-state index contributed by atoms with van der Waals surface area (Å²) >= 11 is 0. The maximum absolute atomic E-state index is 12.7. The van der Waals surface area contributed by atoms with E-state index >= 15 is 0 Å². The second-order valence-electron chi connectivity index (χ2n) is 5.93. The van der Waals surface area contributed by atoms with Crippen LogP contribution >= 0.6 is 0 Å². The van der Waals surface area contributed by atoms with Crippen LogP contribution in [-0.2, 0) is 6.42 Å². The summed E-state index contributed by atoms with van der Waals surface area (Å²) in [5, 5.41) is 13.6. The summed E-state index contributed by atoms with van der Waals surface area (Å²) in [4.78, 5) is 16.0. The van der Waals surface area contributed by atoms with E-state index in [4.69, 9.17) is 4.74 Å². The molecule has 0 unspecified atom stereocenters. The third kappa shape index (κ3) is 2.49. The van der Waals surface area contributed by atoms with Gasteiger partial charge in [0, 0.05) is 29.8 Å². The van der Waals surface area contributed by atoms with E-state index in [1.165, 1.54) is 4.52 Å². The number of ether oxygens (including phenoxy) is 1. The van der Waals surface area contributed by atoms with Crippen LogP contribution in [0.25, 0.3) is 16.8 Å². The fourth-order valence-corrected chi connectivity index (χ4v) is 3.06. The van der Waals surface area contributed by atoms with Crippen molar-refractivity contribution in [2.75, 3.05) is 13.7 Å². The summed E-state index contributed by atoms with van der Waals surface area (Å²) in [6.07, 6.45) is 0.305. The highest BCUT2D eigenvalue weighted by Gasteiger charge is 2.19. The molecule has 0 bridgehead atoms. The van der Waals surface area contributed by atoms with Gasteiger partial charge < -0.3 is 14.8 Å². The first-order valence-corrected chi connectivity index (χ1v) is 7.85. The summed E-state index contributed by atoms with van der Waals surface area (Å²) < 4.78 is 6.89. The molecule has 0 aliphatic carbocycles. The Morgan fingerprint density at radius 1 is 1.29 bits per heavy atom. The highest BCUT2D eigenvalue weighted by Crippen LogP contribution is 2.35. The zero-order chi connectivity index (χ0) is 17.4. The number of aryl methyl sites for hydroxylation is 3. The monoisotopic (exact) mass is 327 g/mol. The lowest BCUT2D eigenvalue weighted by atomic mass is 10.0. The Hall–Kier alpha value is -2.60. The van der Waals surface area contributed by atoms with Crippen molar-refractivity contribution in [3.63, 3.8) is 0 Å². The number of methoxy groups -OCH3 is 1.